The van der Waals surface area contributed by atoms with Crippen molar-refractivity contribution in [1.82, 2.24) is 4.90 Å². The fraction of sp³-hybridized carbons (Fsp3) is 0.800. The van der Waals surface area contributed by atoms with E-state index >= 15 is 0 Å². The average molecular weight is 145 g/mol. The van der Waals surface area contributed by atoms with E-state index in [-0.39, 0.29) is 0 Å². The Labute approximate surface area is 57.3 Å². The van der Waals surface area contributed by atoms with Crippen molar-refractivity contribution in [3.05, 3.63) is 0 Å². The van der Waals surface area contributed by atoms with Crippen molar-refractivity contribution >= 4 is 15.0 Å². The van der Waals surface area contributed by atoms with E-state index in [1.807, 2.05) is 14.1 Å². The Hall–Kier alpha value is -0.430. The summed E-state index contributed by atoms with van der Waals surface area (Å²) in [7, 11) is 6.47. The number of hydrogen-bond donors (Lipinski definition) is 0. The van der Waals surface area contributed by atoms with Crippen LogP contribution in [0.2, 0.25) is 0 Å². The summed E-state index contributed by atoms with van der Waals surface area (Å²) in [5.41, 5.74) is 0. The molecule has 3 nitrogen and oxygen atoms in total. The number of guanidine groups is 1. The highest BCUT2D eigenvalue weighted by molar-refractivity contribution is 7.04. The molecule has 1 aliphatic rings. The molecule has 1 aliphatic heterocycles. The van der Waals surface area contributed by atoms with Gasteiger partial charge in [0.2, 0.25) is 0 Å². The standard InChI is InChI=1S/C5H11N3P/c1-7-3-4-8(2)5(7)6-9/h9H,3-4H2,1-2H3/q+1/p+1. The summed E-state index contributed by atoms with van der Waals surface area (Å²) in [6.45, 7) is 2.17. The maximum absolute atomic E-state index is 4.03. The summed E-state index contributed by atoms with van der Waals surface area (Å²) in [4.78, 5) is 2.13. The molecule has 4 heteroatoms. The summed E-state index contributed by atoms with van der Waals surface area (Å²) in [5.74, 6) is 1.06. The van der Waals surface area contributed by atoms with E-state index < -0.39 is 0 Å². The van der Waals surface area contributed by atoms with Gasteiger partial charge in [-0.15, -0.1) is 0 Å². The summed E-state index contributed by atoms with van der Waals surface area (Å²) in [5, 5.41) is 0. The van der Waals surface area contributed by atoms with Gasteiger partial charge in [0.1, 0.15) is 4.74 Å². The monoisotopic (exact) mass is 145 g/mol. The van der Waals surface area contributed by atoms with Gasteiger partial charge in [-0.25, -0.2) is 0 Å². The normalized spacial score (nSPS) is 19.1. The van der Waals surface area contributed by atoms with Gasteiger partial charge in [0.25, 0.3) is 9.03 Å². The summed E-state index contributed by atoms with van der Waals surface area (Å²) in [6.07, 6.45) is 0. The molecule has 1 heterocycles. The van der Waals surface area contributed by atoms with Crippen molar-refractivity contribution in [2.45, 2.75) is 0 Å². The van der Waals surface area contributed by atoms with Crippen molar-refractivity contribution in [3.8, 4) is 0 Å². The maximum atomic E-state index is 4.03. The summed E-state index contributed by atoms with van der Waals surface area (Å²) in [6, 6.07) is 0. The third-order valence-corrected chi connectivity index (χ3v) is 1.80. The minimum Gasteiger partial charge on any atom is -0.258 e. The molecule has 1 atom stereocenters. The molecule has 0 aliphatic carbocycles. The molecule has 0 radical (unpaired) electrons. The van der Waals surface area contributed by atoms with Gasteiger partial charge in [-0.3, -0.25) is 9.48 Å². The SMILES string of the molecule is CN1CC[N+](C)=C1N=[PH2+]. The Morgan fingerprint density at radius 1 is 1.78 bits per heavy atom. The zero-order valence-corrected chi connectivity index (χ0v) is 6.99. The lowest BCUT2D eigenvalue weighted by molar-refractivity contribution is -0.487. The first-order valence-electron chi connectivity index (χ1n) is 2.96. The lowest BCUT2D eigenvalue weighted by atomic mass is 10.6. The predicted octanol–water partition coefficient (Wildman–Crippen LogP) is -0.0112. The molecule has 0 fully saturated rings. The molecule has 50 valence electrons. The second-order valence-electron chi connectivity index (χ2n) is 2.27. The van der Waals surface area contributed by atoms with Gasteiger partial charge in [0.05, 0.1) is 27.2 Å². The van der Waals surface area contributed by atoms with E-state index in [0.29, 0.717) is 0 Å². The highest BCUT2D eigenvalue weighted by Gasteiger charge is 2.24. The maximum Gasteiger partial charge on any atom is 0.432 e. The molecule has 1 unspecified atom stereocenters. The molecule has 0 bridgehead atoms. The topological polar surface area (TPSA) is 18.6 Å². The first-order chi connectivity index (χ1) is 4.25. The smallest absolute Gasteiger partial charge is 0.258 e. The minimum absolute atomic E-state index is 1.06. The van der Waals surface area contributed by atoms with Crippen LogP contribution in [-0.2, 0) is 0 Å². The zero-order chi connectivity index (χ0) is 6.85. The minimum atomic E-state index is 1.06. The van der Waals surface area contributed by atoms with Gasteiger partial charge in [-0.05, 0) is 0 Å². The fourth-order valence-corrected chi connectivity index (χ4v) is 1.38. The van der Waals surface area contributed by atoms with E-state index in [9.17, 15) is 0 Å². The molecule has 0 saturated carbocycles. The van der Waals surface area contributed by atoms with Crippen LogP contribution in [0.15, 0.2) is 4.74 Å². The molecule has 1 rings (SSSR count). The van der Waals surface area contributed by atoms with Crippen LogP contribution in [0.4, 0.5) is 0 Å². The second kappa shape index (κ2) is 2.44. The Bertz CT molecular complexity index is 164. The third-order valence-electron chi connectivity index (χ3n) is 1.57. The summed E-state index contributed by atoms with van der Waals surface area (Å²) >= 11 is 0. The number of nitrogens with zero attached hydrogens (tertiary/aromatic N) is 3. The van der Waals surface area contributed by atoms with Crippen molar-refractivity contribution in [2.75, 3.05) is 27.2 Å². The number of likely N-dealkylation sites (N-methyl/N-ethyl adjacent to an activating group) is 2. The average Bonchev–Trinajstić information content (AvgIpc) is 2.12. The van der Waals surface area contributed by atoms with Crippen molar-refractivity contribution < 1.29 is 4.58 Å². The molecule has 0 aromatic carbocycles. The van der Waals surface area contributed by atoms with E-state index in [1.165, 1.54) is 0 Å². The quantitative estimate of drug-likeness (QED) is 0.346. The molecule has 0 N–H and O–H groups in total. The van der Waals surface area contributed by atoms with Gasteiger partial charge in [-0.1, -0.05) is 0 Å². The van der Waals surface area contributed by atoms with Crippen LogP contribution in [0, 0.1) is 0 Å². The summed E-state index contributed by atoms with van der Waals surface area (Å²) < 4.78 is 6.17. The first-order valence-corrected chi connectivity index (χ1v) is 3.47. The van der Waals surface area contributed by atoms with Crippen molar-refractivity contribution in [3.63, 3.8) is 0 Å². The Morgan fingerprint density at radius 2 is 2.44 bits per heavy atom. The predicted molar refractivity (Wildman–Crippen MR) is 40.8 cm³/mol. The molecular weight excluding hydrogens is 133 g/mol. The molecular formula is C5H12N3P+2. The molecule has 0 saturated heterocycles. The highest BCUT2D eigenvalue weighted by atomic mass is 31.0. The zero-order valence-electron chi connectivity index (χ0n) is 5.83. The third kappa shape index (κ3) is 1.11. The van der Waals surface area contributed by atoms with Crippen LogP contribution in [0.3, 0.4) is 0 Å². The Morgan fingerprint density at radius 3 is 2.67 bits per heavy atom. The van der Waals surface area contributed by atoms with Gasteiger partial charge < -0.3 is 0 Å². The molecule has 0 aromatic heterocycles. The van der Waals surface area contributed by atoms with Crippen molar-refractivity contribution in [2.24, 2.45) is 4.74 Å². The number of hydrogen-bond acceptors (Lipinski definition) is 2. The van der Waals surface area contributed by atoms with Crippen LogP contribution in [0.1, 0.15) is 0 Å². The van der Waals surface area contributed by atoms with Crippen LogP contribution < -0.4 is 0 Å². The lowest BCUT2D eigenvalue weighted by Gasteiger charge is -1.95. The fourth-order valence-electron chi connectivity index (χ4n) is 0.989. The van der Waals surface area contributed by atoms with E-state index in [1.54, 1.807) is 0 Å². The van der Waals surface area contributed by atoms with Crippen molar-refractivity contribution in [1.29, 1.82) is 0 Å². The molecule has 0 aromatic rings. The number of rotatable bonds is 0. The van der Waals surface area contributed by atoms with Gasteiger partial charge in [0.15, 0.2) is 0 Å². The molecule has 9 heavy (non-hydrogen) atoms. The van der Waals surface area contributed by atoms with Crippen LogP contribution in [0.25, 0.3) is 0 Å². The largest absolute Gasteiger partial charge is 0.432 e. The van der Waals surface area contributed by atoms with Crippen LogP contribution >= 0.6 is 9.03 Å². The first kappa shape index (κ1) is 6.69. The van der Waals surface area contributed by atoms with Gasteiger partial charge in [-0.2, -0.15) is 0 Å². The Balaban J connectivity index is 2.81. The van der Waals surface area contributed by atoms with Crippen LogP contribution in [-0.4, -0.2) is 42.6 Å². The van der Waals surface area contributed by atoms with E-state index in [2.05, 4.69) is 23.3 Å². The van der Waals surface area contributed by atoms with Crippen LogP contribution in [0.5, 0.6) is 0 Å². The molecule has 0 amide bonds. The highest BCUT2D eigenvalue weighted by Crippen LogP contribution is 1.98. The van der Waals surface area contributed by atoms with Gasteiger partial charge in [0, 0.05) is 0 Å². The van der Waals surface area contributed by atoms with Gasteiger partial charge >= 0.3 is 5.96 Å². The lowest BCUT2D eigenvalue weighted by Crippen LogP contribution is -2.21. The second-order valence-corrected chi connectivity index (χ2v) is 2.53. The van der Waals surface area contributed by atoms with E-state index in [4.69, 9.17) is 0 Å². The Kier molecular flexibility index (Phi) is 1.81. The van der Waals surface area contributed by atoms with E-state index in [0.717, 1.165) is 19.0 Å². The molecule has 0 spiro atoms.